The molecule has 1 aromatic carbocycles. The van der Waals surface area contributed by atoms with Crippen LogP contribution < -0.4 is 5.32 Å². The van der Waals surface area contributed by atoms with E-state index >= 15 is 0 Å². The Morgan fingerprint density at radius 1 is 1.24 bits per heavy atom. The van der Waals surface area contributed by atoms with E-state index in [9.17, 15) is 4.79 Å². The molecule has 0 radical (unpaired) electrons. The molecule has 21 heavy (non-hydrogen) atoms. The van der Waals surface area contributed by atoms with Gasteiger partial charge in [0.15, 0.2) is 0 Å². The molecule has 1 rings (SSSR count). The van der Waals surface area contributed by atoms with Gasteiger partial charge in [-0.2, -0.15) is 5.26 Å². The van der Waals surface area contributed by atoms with Crippen molar-refractivity contribution < 1.29 is 4.79 Å². The number of amides is 1. The van der Waals surface area contributed by atoms with Gasteiger partial charge < -0.3 is 5.32 Å². The Bertz CT molecular complexity index is 517. The van der Waals surface area contributed by atoms with Crippen LogP contribution >= 0.6 is 0 Å². The lowest BCUT2D eigenvalue weighted by Gasteiger charge is -2.33. The van der Waals surface area contributed by atoms with E-state index < -0.39 is 0 Å². The number of rotatable bonds is 6. The lowest BCUT2D eigenvalue weighted by molar-refractivity contribution is -0.121. The van der Waals surface area contributed by atoms with Crippen molar-refractivity contribution in [2.24, 2.45) is 5.92 Å². The Morgan fingerprint density at radius 2 is 1.86 bits per heavy atom. The summed E-state index contributed by atoms with van der Waals surface area (Å²) in [4.78, 5) is 14.6. The van der Waals surface area contributed by atoms with Crippen LogP contribution in [0.2, 0.25) is 0 Å². The lowest BCUT2D eigenvalue weighted by Crippen LogP contribution is -2.47. The third kappa shape index (κ3) is 4.87. The van der Waals surface area contributed by atoms with E-state index in [1.807, 2.05) is 13.0 Å². The van der Waals surface area contributed by atoms with Crippen LogP contribution in [0.5, 0.6) is 0 Å². The Kier molecular flexibility index (Phi) is 6.39. The third-order valence-corrected chi connectivity index (χ3v) is 3.42. The van der Waals surface area contributed by atoms with Gasteiger partial charge in [-0.25, -0.2) is 0 Å². The maximum absolute atomic E-state index is 12.4. The molecule has 0 fully saturated rings. The molecule has 0 spiro atoms. The second kappa shape index (κ2) is 7.80. The molecule has 0 aliphatic carbocycles. The molecule has 0 aromatic heterocycles. The minimum atomic E-state index is -0.237. The van der Waals surface area contributed by atoms with Crippen molar-refractivity contribution >= 4 is 11.6 Å². The highest BCUT2D eigenvalue weighted by atomic mass is 16.2. The van der Waals surface area contributed by atoms with Crippen LogP contribution in [0.25, 0.3) is 0 Å². The average molecular weight is 287 g/mol. The molecule has 1 amide bonds. The van der Waals surface area contributed by atoms with Crippen molar-refractivity contribution in [3.05, 3.63) is 29.8 Å². The van der Waals surface area contributed by atoms with Crippen molar-refractivity contribution in [2.45, 2.75) is 46.7 Å². The lowest BCUT2D eigenvalue weighted by atomic mass is 10.1. The molecule has 1 N–H and O–H groups in total. The molecule has 1 aromatic rings. The average Bonchev–Trinajstić information content (AvgIpc) is 2.44. The van der Waals surface area contributed by atoms with Crippen LogP contribution in [-0.4, -0.2) is 29.4 Å². The van der Waals surface area contributed by atoms with E-state index in [2.05, 4.69) is 44.0 Å². The number of benzene rings is 1. The predicted molar refractivity (Wildman–Crippen MR) is 85.9 cm³/mol. The molecule has 114 valence electrons. The third-order valence-electron chi connectivity index (χ3n) is 3.42. The van der Waals surface area contributed by atoms with Crippen LogP contribution in [0.3, 0.4) is 0 Å². The molecule has 0 saturated heterocycles. The summed E-state index contributed by atoms with van der Waals surface area (Å²) in [5.74, 6) is 0.418. The topological polar surface area (TPSA) is 56.1 Å². The molecule has 0 aliphatic rings. The molecule has 4 heteroatoms. The summed E-state index contributed by atoms with van der Waals surface area (Å²) in [6.07, 6.45) is 0. The Balaban J connectivity index is 2.84. The number of carbonyl (C=O) groups is 1. The highest BCUT2D eigenvalue weighted by molar-refractivity contribution is 5.95. The minimum Gasteiger partial charge on any atom is -0.324 e. The van der Waals surface area contributed by atoms with Gasteiger partial charge in [0.05, 0.1) is 17.3 Å². The first-order valence-corrected chi connectivity index (χ1v) is 7.42. The molecular weight excluding hydrogens is 262 g/mol. The summed E-state index contributed by atoms with van der Waals surface area (Å²) in [6, 6.07) is 9.21. The van der Waals surface area contributed by atoms with Gasteiger partial charge in [-0.15, -0.1) is 0 Å². The molecule has 4 nitrogen and oxygen atoms in total. The van der Waals surface area contributed by atoms with E-state index in [1.54, 1.807) is 18.2 Å². The molecular formula is C17H25N3O. The van der Waals surface area contributed by atoms with E-state index in [-0.39, 0.29) is 11.9 Å². The minimum absolute atomic E-state index is 0.0768. The standard InChI is InChI=1S/C17H25N3O/c1-12(2)11-20(13(3)4)14(5)17(21)19-16-9-7-6-8-15(16)10-18/h6-9,12-14H,11H2,1-5H3,(H,19,21). The van der Waals surface area contributed by atoms with Crippen LogP contribution in [0.15, 0.2) is 24.3 Å². The van der Waals surface area contributed by atoms with E-state index in [1.165, 1.54) is 0 Å². The molecule has 0 heterocycles. The van der Waals surface area contributed by atoms with Crippen LogP contribution in [0.1, 0.15) is 40.2 Å². The quantitative estimate of drug-likeness (QED) is 0.873. The largest absolute Gasteiger partial charge is 0.324 e. The second-order valence-corrected chi connectivity index (χ2v) is 6.01. The summed E-state index contributed by atoms with van der Waals surface area (Å²) in [5.41, 5.74) is 1.06. The van der Waals surface area contributed by atoms with Gasteiger partial charge in [0.1, 0.15) is 6.07 Å². The van der Waals surface area contributed by atoms with Crippen molar-refractivity contribution in [3.8, 4) is 6.07 Å². The number of nitrogens with one attached hydrogen (secondary N) is 1. The highest BCUT2D eigenvalue weighted by Crippen LogP contribution is 2.16. The summed E-state index contributed by atoms with van der Waals surface area (Å²) in [7, 11) is 0. The van der Waals surface area contributed by atoms with Crippen molar-refractivity contribution in [1.29, 1.82) is 5.26 Å². The number of nitriles is 1. The van der Waals surface area contributed by atoms with Crippen LogP contribution in [0, 0.1) is 17.2 Å². The Morgan fingerprint density at radius 3 is 2.38 bits per heavy atom. The highest BCUT2D eigenvalue weighted by Gasteiger charge is 2.24. The fourth-order valence-electron chi connectivity index (χ4n) is 2.32. The van der Waals surface area contributed by atoms with Crippen molar-refractivity contribution in [3.63, 3.8) is 0 Å². The zero-order valence-electron chi connectivity index (χ0n) is 13.6. The maximum atomic E-state index is 12.4. The van der Waals surface area contributed by atoms with E-state index in [0.29, 0.717) is 23.2 Å². The number of hydrogen-bond donors (Lipinski definition) is 1. The molecule has 1 atom stereocenters. The molecule has 0 saturated carbocycles. The molecule has 0 bridgehead atoms. The second-order valence-electron chi connectivity index (χ2n) is 6.01. The number of nitrogens with zero attached hydrogens (tertiary/aromatic N) is 2. The fourth-order valence-corrected chi connectivity index (χ4v) is 2.32. The number of anilines is 1. The van der Waals surface area contributed by atoms with Gasteiger partial charge in [-0.1, -0.05) is 26.0 Å². The Hall–Kier alpha value is -1.86. The molecule has 0 aliphatic heterocycles. The van der Waals surface area contributed by atoms with E-state index in [0.717, 1.165) is 6.54 Å². The van der Waals surface area contributed by atoms with Gasteiger partial charge in [-0.3, -0.25) is 9.69 Å². The summed E-state index contributed by atoms with van der Waals surface area (Å²) >= 11 is 0. The maximum Gasteiger partial charge on any atom is 0.241 e. The van der Waals surface area contributed by atoms with Gasteiger partial charge >= 0.3 is 0 Å². The normalized spacial score (nSPS) is 12.5. The summed E-state index contributed by atoms with van der Waals surface area (Å²) < 4.78 is 0. The van der Waals surface area contributed by atoms with Gasteiger partial charge in [0, 0.05) is 12.6 Å². The number of para-hydroxylation sites is 1. The van der Waals surface area contributed by atoms with E-state index in [4.69, 9.17) is 5.26 Å². The number of hydrogen-bond acceptors (Lipinski definition) is 3. The zero-order valence-corrected chi connectivity index (χ0v) is 13.6. The first-order valence-electron chi connectivity index (χ1n) is 7.42. The van der Waals surface area contributed by atoms with Crippen LogP contribution in [-0.2, 0) is 4.79 Å². The summed E-state index contributed by atoms with van der Waals surface area (Å²) in [6.45, 7) is 11.2. The smallest absolute Gasteiger partial charge is 0.241 e. The van der Waals surface area contributed by atoms with Crippen LogP contribution in [0.4, 0.5) is 5.69 Å². The van der Waals surface area contributed by atoms with Gasteiger partial charge in [0.25, 0.3) is 0 Å². The van der Waals surface area contributed by atoms with Crippen molar-refractivity contribution in [2.75, 3.05) is 11.9 Å². The molecule has 1 unspecified atom stereocenters. The Labute approximate surface area is 127 Å². The monoisotopic (exact) mass is 287 g/mol. The fraction of sp³-hybridized carbons (Fsp3) is 0.529. The zero-order chi connectivity index (χ0) is 16.0. The summed E-state index contributed by atoms with van der Waals surface area (Å²) in [5, 5.41) is 11.9. The first kappa shape index (κ1) is 17.2. The van der Waals surface area contributed by atoms with Gasteiger partial charge in [-0.05, 0) is 38.8 Å². The number of carbonyl (C=O) groups excluding carboxylic acids is 1. The first-order chi connectivity index (χ1) is 9.86. The SMILES string of the molecule is CC(C)CN(C(C)C)C(C)C(=O)Nc1ccccc1C#N. The van der Waals surface area contributed by atoms with Crippen molar-refractivity contribution in [1.82, 2.24) is 4.90 Å². The van der Waals surface area contributed by atoms with Gasteiger partial charge in [0.2, 0.25) is 5.91 Å². The predicted octanol–water partition coefficient (Wildman–Crippen LogP) is 3.25.